The number of nitrogens with one attached hydrogen (secondary N) is 1. The van der Waals surface area contributed by atoms with Gasteiger partial charge in [0.15, 0.2) is 0 Å². The number of carbonyl (C=O) groups is 1. The van der Waals surface area contributed by atoms with Crippen molar-refractivity contribution in [2.75, 3.05) is 12.4 Å². The van der Waals surface area contributed by atoms with Crippen molar-refractivity contribution in [3.63, 3.8) is 0 Å². The normalized spacial score (nSPS) is 10.2. The molecule has 104 valence electrons. The number of carbonyl (C=O) groups excluding carboxylic acids is 1. The summed E-state index contributed by atoms with van der Waals surface area (Å²) in [5.41, 5.74) is 0.124. The van der Waals surface area contributed by atoms with Crippen LogP contribution in [0.1, 0.15) is 10.4 Å². The monoisotopic (exact) mass is 405 g/mol. The van der Waals surface area contributed by atoms with Gasteiger partial charge in [0.05, 0.1) is 12.7 Å². The van der Waals surface area contributed by atoms with E-state index in [0.717, 1.165) is 3.57 Å². The molecule has 0 bridgehead atoms. The van der Waals surface area contributed by atoms with Gasteiger partial charge in [0.25, 0.3) is 5.91 Å². The molecule has 8 heteroatoms. The lowest BCUT2D eigenvalue weighted by Gasteiger charge is -2.07. The fourth-order valence-corrected chi connectivity index (χ4v) is 2.08. The highest BCUT2D eigenvalue weighted by atomic mass is 127. The smallest absolute Gasteiger partial charge is 0.261 e. The van der Waals surface area contributed by atoms with Crippen molar-refractivity contribution >= 4 is 46.0 Å². The van der Waals surface area contributed by atoms with Crippen molar-refractivity contribution in [2.45, 2.75) is 0 Å². The second-order valence-corrected chi connectivity index (χ2v) is 5.31. The van der Waals surface area contributed by atoms with Gasteiger partial charge in [0.2, 0.25) is 11.8 Å². The lowest BCUT2D eigenvalue weighted by molar-refractivity contribution is 0.102. The molecule has 1 amide bonds. The van der Waals surface area contributed by atoms with Crippen molar-refractivity contribution in [3.8, 4) is 11.6 Å². The lowest BCUT2D eigenvalue weighted by atomic mass is 10.2. The van der Waals surface area contributed by atoms with Gasteiger partial charge < -0.3 is 9.84 Å². The van der Waals surface area contributed by atoms with E-state index in [9.17, 15) is 9.90 Å². The maximum Gasteiger partial charge on any atom is 0.261 e. The van der Waals surface area contributed by atoms with E-state index in [1.807, 2.05) is 22.6 Å². The Bertz CT molecular complexity index is 666. The van der Waals surface area contributed by atoms with Crippen LogP contribution in [0.25, 0.3) is 0 Å². The molecule has 0 saturated heterocycles. The number of aromatic nitrogens is 2. The number of phenols is 1. The molecule has 0 spiro atoms. The highest BCUT2D eigenvalue weighted by molar-refractivity contribution is 14.1. The third kappa shape index (κ3) is 3.48. The first-order valence-corrected chi connectivity index (χ1v) is 6.83. The minimum absolute atomic E-state index is 0.00221. The largest absolute Gasteiger partial charge is 0.507 e. The second-order valence-electron chi connectivity index (χ2n) is 3.67. The molecule has 1 aromatic heterocycles. The summed E-state index contributed by atoms with van der Waals surface area (Å²) in [7, 11) is 1.43. The molecule has 0 saturated carbocycles. The number of methoxy groups -OCH3 is 1. The van der Waals surface area contributed by atoms with E-state index in [0.29, 0.717) is 0 Å². The van der Waals surface area contributed by atoms with Crippen molar-refractivity contribution in [1.82, 2.24) is 9.97 Å². The van der Waals surface area contributed by atoms with Crippen LogP contribution >= 0.6 is 34.2 Å². The van der Waals surface area contributed by atoms with E-state index in [-0.39, 0.29) is 28.3 Å². The van der Waals surface area contributed by atoms with Crippen LogP contribution in [0.4, 0.5) is 5.95 Å². The van der Waals surface area contributed by atoms with E-state index in [2.05, 4.69) is 15.3 Å². The Labute approximate surface area is 133 Å². The van der Waals surface area contributed by atoms with Crippen molar-refractivity contribution in [1.29, 1.82) is 0 Å². The standard InChI is InChI=1S/C12H9ClIN3O3/c1-20-10-5-9(13)15-12(16-10)17-11(19)7-4-6(14)2-3-8(7)18/h2-5,18H,1H3,(H,15,16,17,19). The Kier molecular flexibility index (Phi) is 4.61. The summed E-state index contributed by atoms with van der Waals surface area (Å²) in [6.45, 7) is 0. The van der Waals surface area contributed by atoms with Gasteiger partial charge in [-0.2, -0.15) is 4.98 Å². The number of benzene rings is 1. The third-order valence-electron chi connectivity index (χ3n) is 2.31. The maximum atomic E-state index is 12.1. The van der Waals surface area contributed by atoms with Crippen LogP contribution in [-0.2, 0) is 0 Å². The molecular weight excluding hydrogens is 397 g/mol. The number of rotatable bonds is 3. The number of nitrogens with zero attached hydrogens (tertiary/aromatic N) is 2. The minimum Gasteiger partial charge on any atom is -0.507 e. The molecule has 1 aromatic carbocycles. The van der Waals surface area contributed by atoms with Gasteiger partial charge in [0, 0.05) is 9.64 Å². The molecule has 0 aliphatic heterocycles. The Balaban J connectivity index is 2.27. The highest BCUT2D eigenvalue weighted by Gasteiger charge is 2.14. The molecule has 0 atom stereocenters. The Morgan fingerprint density at radius 2 is 2.15 bits per heavy atom. The van der Waals surface area contributed by atoms with Crippen LogP contribution in [0.2, 0.25) is 5.15 Å². The summed E-state index contributed by atoms with van der Waals surface area (Å²) < 4.78 is 5.74. The molecule has 0 unspecified atom stereocenters. The van der Waals surface area contributed by atoms with Crippen molar-refractivity contribution in [3.05, 3.63) is 38.6 Å². The lowest BCUT2D eigenvalue weighted by Crippen LogP contribution is -2.15. The van der Waals surface area contributed by atoms with Crippen molar-refractivity contribution in [2.24, 2.45) is 0 Å². The van der Waals surface area contributed by atoms with Gasteiger partial charge in [-0.25, -0.2) is 4.98 Å². The number of aromatic hydroxyl groups is 1. The first-order chi connectivity index (χ1) is 9.49. The zero-order valence-corrected chi connectivity index (χ0v) is 13.1. The van der Waals surface area contributed by atoms with Crippen LogP contribution < -0.4 is 10.1 Å². The van der Waals surface area contributed by atoms with Gasteiger partial charge in [-0.3, -0.25) is 10.1 Å². The summed E-state index contributed by atoms with van der Waals surface area (Å²) in [5, 5.41) is 12.3. The summed E-state index contributed by atoms with van der Waals surface area (Å²) in [6, 6.07) is 6.09. The number of phenolic OH excluding ortho intramolecular Hbond substituents is 1. The van der Waals surface area contributed by atoms with E-state index >= 15 is 0 Å². The fourth-order valence-electron chi connectivity index (χ4n) is 1.42. The van der Waals surface area contributed by atoms with E-state index < -0.39 is 5.91 Å². The second kappa shape index (κ2) is 6.23. The highest BCUT2D eigenvalue weighted by Crippen LogP contribution is 2.21. The number of hydrogen-bond acceptors (Lipinski definition) is 5. The van der Waals surface area contributed by atoms with Crippen LogP contribution in [0.5, 0.6) is 11.6 Å². The molecule has 1 heterocycles. The molecule has 20 heavy (non-hydrogen) atoms. The van der Waals surface area contributed by atoms with Crippen LogP contribution in [0.3, 0.4) is 0 Å². The molecule has 6 nitrogen and oxygen atoms in total. The summed E-state index contributed by atoms with van der Waals surface area (Å²) in [4.78, 5) is 19.9. The third-order valence-corrected chi connectivity index (χ3v) is 3.17. The maximum absolute atomic E-state index is 12.1. The molecule has 0 fully saturated rings. The van der Waals surface area contributed by atoms with Gasteiger partial charge in [-0.05, 0) is 40.8 Å². The first-order valence-electron chi connectivity index (χ1n) is 5.38. The molecule has 0 aliphatic rings. The van der Waals surface area contributed by atoms with E-state index in [4.69, 9.17) is 16.3 Å². The molecule has 2 N–H and O–H groups in total. The molecule has 2 aromatic rings. The Morgan fingerprint density at radius 1 is 1.40 bits per heavy atom. The molecular formula is C12H9ClIN3O3. The zero-order chi connectivity index (χ0) is 14.7. The number of hydrogen-bond donors (Lipinski definition) is 2. The van der Waals surface area contributed by atoms with Crippen LogP contribution in [-0.4, -0.2) is 28.1 Å². The molecule has 0 aliphatic carbocycles. The number of ether oxygens (including phenoxy) is 1. The number of amides is 1. The molecule has 0 radical (unpaired) electrons. The van der Waals surface area contributed by atoms with Gasteiger partial charge in [-0.1, -0.05) is 11.6 Å². The summed E-state index contributed by atoms with van der Waals surface area (Å²) in [6.07, 6.45) is 0. The Hall–Kier alpha value is -1.61. The van der Waals surface area contributed by atoms with E-state index in [1.54, 1.807) is 12.1 Å². The first kappa shape index (κ1) is 14.8. The average molecular weight is 406 g/mol. The summed E-state index contributed by atoms with van der Waals surface area (Å²) >= 11 is 7.82. The molecule has 2 rings (SSSR count). The Morgan fingerprint density at radius 3 is 2.85 bits per heavy atom. The SMILES string of the molecule is COc1cc(Cl)nc(NC(=O)c2cc(I)ccc2O)n1. The zero-order valence-electron chi connectivity index (χ0n) is 10.2. The van der Waals surface area contributed by atoms with Gasteiger partial charge in [0.1, 0.15) is 10.9 Å². The van der Waals surface area contributed by atoms with Crippen LogP contribution in [0, 0.1) is 3.57 Å². The predicted molar refractivity (Wildman–Crippen MR) is 82.4 cm³/mol. The van der Waals surface area contributed by atoms with Gasteiger partial charge in [-0.15, -0.1) is 0 Å². The van der Waals surface area contributed by atoms with E-state index in [1.165, 1.54) is 19.2 Å². The quantitative estimate of drug-likeness (QED) is 0.606. The minimum atomic E-state index is -0.537. The fraction of sp³-hybridized carbons (Fsp3) is 0.0833. The number of anilines is 1. The summed E-state index contributed by atoms with van der Waals surface area (Å²) in [5.74, 6) is -0.438. The van der Waals surface area contributed by atoms with Gasteiger partial charge >= 0.3 is 0 Å². The number of halogens is 2. The average Bonchev–Trinajstić information content (AvgIpc) is 2.40. The predicted octanol–water partition coefficient (Wildman–Crippen LogP) is 2.70. The van der Waals surface area contributed by atoms with Crippen molar-refractivity contribution < 1.29 is 14.6 Å². The van der Waals surface area contributed by atoms with Crippen LogP contribution in [0.15, 0.2) is 24.3 Å². The topological polar surface area (TPSA) is 84.3 Å².